The highest BCUT2D eigenvalue weighted by Crippen LogP contribution is 2.32. The molecular weight excluding hydrogens is 523 g/mol. The van der Waals surface area contributed by atoms with Crippen molar-refractivity contribution < 1.29 is 23.0 Å². The Hall–Kier alpha value is -4.55. The van der Waals surface area contributed by atoms with E-state index in [1.54, 1.807) is 41.3 Å². The number of aliphatic hydroxyl groups is 1. The minimum Gasteiger partial charge on any atom is -0.457 e. The van der Waals surface area contributed by atoms with E-state index >= 15 is 0 Å². The molecule has 208 valence electrons. The summed E-state index contributed by atoms with van der Waals surface area (Å²) < 4.78 is 46.5. The quantitative estimate of drug-likeness (QED) is 0.188. The van der Waals surface area contributed by atoms with Crippen LogP contribution in [0.25, 0.3) is 11.1 Å². The van der Waals surface area contributed by atoms with Gasteiger partial charge in [-0.25, -0.2) is 0 Å². The highest BCUT2D eigenvalue weighted by molar-refractivity contribution is 5.69. The zero-order valence-corrected chi connectivity index (χ0v) is 22.3. The first-order valence-electron chi connectivity index (χ1n) is 13.4. The van der Waals surface area contributed by atoms with Crippen molar-refractivity contribution >= 4 is 5.69 Å². The standard InChI is InChI=1S/C35H30F3NO2/c36-35(37,38)34(40)25-39(30-15-10-18-32(23-30)41-31-16-8-3-9-17-31)24-29-20-19-27(21-26-11-4-1-5-12-26)22-33(29)28-13-6-2-7-14-28/h1-20,22-23,34,40H,21,24-25H2/t34-/m1/s1. The minimum absolute atomic E-state index is 0.151. The number of para-hydroxylation sites is 1. The van der Waals surface area contributed by atoms with Crippen molar-refractivity contribution in [3.8, 4) is 22.6 Å². The predicted octanol–water partition coefficient (Wildman–Crippen LogP) is 8.67. The van der Waals surface area contributed by atoms with Crippen molar-refractivity contribution in [3.05, 3.63) is 150 Å². The number of alkyl halides is 3. The molecule has 0 amide bonds. The molecule has 0 fully saturated rings. The fourth-order valence-electron chi connectivity index (χ4n) is 4.74. The molecule has 0 aliphatic rings. The lowest BCUT2D eigenvalue weighted by Crippen LogP contribution is -2.41. The molecule has 1 atom stereocenters. The predicted molar refractivity (Wildman–Crippen MR) is 157 cm³/mol. The van der Waals surface area contributed by atoms with Crippen molar-refractivity contribution in [1.29, 1.82) is 0 Å². The molecule has 0 heterocycles. The summed E-state index contributed by atoms with van der Waals surface area (Å²) in [6, 6.07) is 42.1. The van der Waals surface area contributed by atoms with Gasteiger partial charge in [-0.1, -0.05) is 103 Å². The molecule has 6 heteroatoms. The highest BCUT2D eigenvalue weighted by atomic mass is 19.4. The lowest BCUT2D eigenvalue weighted by molar-refractivity contribution is -0.200. The van der Waals surface area contributed by atoms with Crippen LogP contribution in [0.3, 0.4) is 0 Å². The Morgan fingerprint density at radius 3 is 1.98 bits per heavy atom. The molecule has 5 rings (SSSR count). The summed E-state index contributed by atoms with van der Waals surface area (Å²) in [6.07, 6.45) is -6.53. The Balaban J connectivity index is 1.50. The van der Waals surface area contributed by atoms with Crippen molar-refractivity contribution in [2.24, 2.45) is 0 Å². The van der Waals surface area contributed by atoms with E-state index in [1.807, 2.05) is 78.9 Å². The molecule has 5 aromatic carbocycles. The molecule has 0 bridgehead atoms. The number of nitrogens with zero attached hydrogens (tertiary/aromatic N) is 1. The smallest absolute Gasteiger partial charge is 0.416 e. The van der Waals surface area contributed by atoms with Crippen molar-refractivity contribution in [2.45, 2.75) is 25.2 Å². The van der Waals surface area contributed by atoms with Gasteiger partial charge in [0.05, 0.1) is 6.54 Å². The topological polar surface area (TPSA) is 32.7 Å². The Bertz CT molecular complexity index is 1540. The van der Waals surface area contributed by atoms with Gasteiger partial charge in [0, 0.05) is 18.3 Å². The molecule has 3 nitrogen and oxygen atoms in total. The molecule has 41 heavy (non-hydrogen) atoms. The number of hydrogen-bond acceptors (Lipinski definition) is 3. The number of rotatable bonds is 10. The summed E-state index contributed by atoms with van der Waals surface area (Å²) in [7, 11) is 0. The molecule has 0 aliphatic heterocycles. The van der Waals surface area contributed by atoms with Gasteiger partial charge >= 0.3 is 6.18 Å². The normalized spacial score (nSPS) is 12.1. The number of benzene rings is 5. The SMILES string of the molecule is O[C@H](CN(Cc1ccc(Cc2ccccc2)cc1-c1ccccc1)c1cccc(Oc2ccccc2)c1)C(F)(F)F. The van der Waals surface area contributed by atoms with Crippen LogP contribution >= 0.6 is 0 Å². The van der Waals surface area contributed by atoms with Crippen LogP contribution < -0.4 is 9.64 Å². The van der Waals surface area contributed by atoms with E-state index in [-0.39, 0.29) is 6.54 Å². The van der Waals surface area contributed by atoms with Gasteiger partial charge in [-0.2, -0.15) is 13.2 Å². The van der Waals surface area contributed by atoms with Gasteiger partial charge in [0.15, 0.2) is 6.10 Å². The first kappa shape index (κ1) is 28.0. The average molecular weight is 554 g/mol. The second-order valence-corrected chi connectivity index (χ2v) is 9.87. The summed E-state index contributed by atoms with van der Waals surface area (Å²) in [5.41, 5.74) is 5.52. The zero-order chi connectivity index (χ0) is 28.7. The highest BCUT2D eigenvalue weighted by Gasteiger charge is 2.39. The lowest BCUT2D eigenvalue weighted by atomic mass is 9.94. The molecule has 1 N–H and O–H groups in total. The lowest BCUT2D eigenvalue weighted by Gasteiger charge is -2.29. The van der Waals surface area contributed by atoms with Crippen LogP contribution in [-0.4, -0.2) is 23.9 Å². The van der Waals surface area contributed by atoms with Gasteiger partial charge < -0.3 is 14.7 Å². The molecule has 0 radical (unpaired) electrons. The maximum Gasteiger partial charge on any atom is 0.416 e. The van der Waals surface area contributed by atoms with E-state index in [9.17, 15) is 18.3 Å². The molecule has 0 unspecified atom stereocenters. The molecule has 0 spiro atoms. The van der Waals surface area contributed by atoms with E-state index in [1.165, 1.54) is 5.56 Å². The Labute approximate surface area is 238 Å². The Morgan fingerprint density at radius 1 is 0.659 bits per heavy atom. The van der Waals surface area contributed by atoms with Crippen molar-refractivity contribution in [2.75, 3.05) is 11.4 Å². The maximum absolute atomic E-state index is 13.5. The van der Waals surface area contributed by atoms with Gasteiger partial charge in [0.2, 0.25) is 0 Å². The van der Waals surface area contributed by atoms with Crippen molar-refractivity contribution in [3.63, 3.8) is 0 Å². The minimum atomic E-state index is -4.75. The van der Waals surface area contributed by atoms with E-state index in [0.29, 0.717) is 17.2 Å². The Morgan fingerprint density at radius 2 is 1.29 bits per heavy atom. The summed E-state index contributed by atoms with van der Waals surface area (Å²) >= 11 is 0. The number of anilines is 1. The zero-order valence-electron chi connectivity index (χ0n) is 22.3. The molecule has 0 aromatic heterocycles. The first-order chi connectivity index (χ1) is 19.8. The van der Waals surface area contributed by atoms with Crippen molar-refractivity contribution in [1.82, 2.24) is 0 Å². The Kier molecular flexibility index (Phi) is 8.70. The van der Waals surface area contributed by atoms with Crippen LogP contribution in [0.5, 0.6) is 11.5 Å². The number of halogens is 3. The third kappa shape index (κ3) is 7.56. The summed E-state index contributed by atoms with van der Waals surface area (Å²) in [4.78, 5) is 1.55. The number of hydrogen-bond donors (Lipinski definition) is 1. The van der Waals surface area contributed by atoms with Gasteiger partial charge in [0.25, 0.3) is 0 Å². The van der Waals surface area contributed by atoms with Crippen LogP contribution in [0.2, 0.25) is 0 Å². The van der Waals surface area contributed by atoms with E-state index in [2.05, 4.69) is 18.2 Å². The third-order valence-electron chi connectivity index (χ3n) is 6.80. The second kappa shape index (κ2) is 12.7. The number of ether oxygens (including phenoxy) is 1. The van der Waals surface area contributed by atoms with Gasteiger partial charge in [0.1, 0.15) is 11.5 Å². The fraction of sp³-hybridized carbons (Fsp3) is 0.143. The van der Waals surface area contributed by atoms with E-state index in [0.717, 1.165) is 28.7 Å². The largest absolute Gasteiger partial charge is 0.457 e. The van der Waals surface area contributed by atoms with Gasteiger partial charge in [-0.3, -0.25) is 0 Å². The number of aliphatic hydroxyl groups excluding tert-OH is 1. The van der Waals surface area contributed by atoms with Crippen LogP contribution in [0, 0.1) is 0 Å². The van der Waals surface area contributed by atoms with Crippen LogP contribution in [0.4, 0.5) is 18.9 Å². The average Bonchev–Trinajstić information content (AvgIpc) is 2.98. The van der Waals surface area contributed by atoms with Crippen LogP contribution in [-0.2, 0) is 13.0 Å². The fourth-order valence-corrected chi connectivity index (χ4v) is 4.74. The monoisotopic (exact) mass is 553 g/mol. The molecule has 0 saturated carbocycles. The first-order valence-corrected chi connectivity index (χ1v) is 13.4. The van der Waals surface area contributed by atoms with E-state index in [4.69, 9.17) is 4.74 Å². The molecule has 0 saturated heterocycles. The molecule has 0 aliphatic carbocycles. The molecule has 5 aromatic rings. The van der Waals surface area contributed by atoms with Crippen LogP contribution in [0.1, 0.15) is 16.7 Å². The van der Waals surface area contributed by atoms with E-state index < -0.39 is 18.8 Å². The summed E-state index contributed by atoms with van der Waals surface area (Å²) in [6.45, 7) is -0.476. The van der Waals surface area contributed by atoms with Gasteiger partial charge in [-0.05, 0) is 58.5 Å². The summed E-state index contributed by atoms with van der Waals surface area (Å²) in [5.74, 6) is 1.11. The second-order valence-electron chi connectivity index (χ2n) is 9.87. The van der Waals surface area contributed by atoms with Gasteiger partial charge in [-0.15, -0.1) is 0 Å². The van der Waals surface area contributed by atoms with Crippen LogP contribution in [0.15, 0.2) is 133 Å². The maximum atomic E-state index is 13.5. The summed E-state index contributed by atoms with van der Waals surface area (Å²) in [5, 5.41) is 10.1. The molecular formula is C35H30F3NO2. The third-order valence-corrected chi connectivity index (χ3v) is 6.80.